The second kappa shape index (κ2) is 5.06. The molecule has 2 aromatic rings. The van der Waals surface area contributed by atoms with Gasteiger partial charge in [0.15, 0.2) is 11.4 Å². The molecule has 3 heterocycles. The molecule has 4 rings (SSSR count). The molecule has 0 unspecified atom stereocenters. The summed E-state index contributed by atoms with van der Waals surface area (Å²) >= 11 is 0. The molecular formula is C14H19N5O3. The third kappa shape index (κ3) is 2.28. The van der Waals surface area contributed by atoms with Gasteiger partial charge < -0.3 is 14.8 Å². The molecule has 1 saturated carbocycles. The Morgan fingerprint density at radius 3 is 3.14 bits per heavy atom. The van der Waals surface area contributed by atoms with Gasteiger partial charge in [0.2, 0.25) is 5.95 Å². The maximum atomic E-state index is 12.0. The average Bonchev–Trinajstić information content (AvgIpc) is 3.21. The summed E-state index contributed by atoms with van der Waals surface area (Å²) in [7, 11) is 1.76. The lowest BCUT2D eigenvalue weighted by atomic mass is 10.2. The van der Waals surface area contributed by atoms with Crippen LogP contribution in [0.2, 0.25) is 0 Å². The van der Waals surface area contributed by atoms with E-state index < -0.39 is 0 Å². The third-order valence-electron chi connectivity index (χ3n) is 4.38. The highest BCUT2D eigenvalue weighted by atomic mass is 16.7. The molecule has 8 heteroatoms. The summed E-state index contributed by atoms with van der Waals surface area (Å²) < 4.78 is 13.5. The second-order valence-corrected chi connectivity index (χ2v) is 5.97. The number of nitrogens with one attached hydrogen (secondary N) is 2. The Hall–Kier alpha value is -1.93. The zero-order chi connectivity index (χ0) is 15.2. The molecular weight excluding hydrogens is 286 g/mol. The van der Waals surface area contributed by atoms with E-state index in [0.29, 0.717) is 30.1 Å². The standard InChI is InChI=1S/C14H19N5O3/c1-19-11-10(7-16-19)12(20)18-13(17-11)15-6-9-8-21-14(22-9)4-2-3-5-14/h7,9H,2-6,8H2,1H3,(H2,15,17,18,20)/t9-/m0/s1. The molecule has 2 N–H and O–H groups in total. The van der Waals surface area contributed by atoms with Crippen molar-refractivity contribution in [1.82, 2.24) is 19.7 Å². The first kappa shape index (κ1) is 13.7. The Labute approximate surface area is 126 Å². The molecule has 2 fully saturated rings. The molecule has 1 saturated heterocycles. The van der Waals surface area contributed by atoms with E-state index in [2.05, 4.69) is 20.4 Å². The summed E-state index contributed by atoms with van der Waals surface area (Å²) in [6.45, 7) is 1.12. The van der Waals surface area contributed by atoms with Crippen molar-refractivity contribution < 1.29 is 9.47 Å². The van der Waals surface area contributed by atoms with Gasteiger partial charge in [-0.05, 0) is 12.8 Å². The van der Waals surface area contributed by atoms with Crippen molar-refractivity contribution in [2.75, 3.05) is 18.5 Å². The van der Waals surface area contributed by atoms with E-state index in [1.165, 1.54) is 6.20 Å². The largest absolute Gasteiger partial charge is 0.353 e. The van der Waals surface area contributed by atoms with Crippen LogP contribution in [0.25, 0.3) is 11.0 Å². The lowest BCUT2D eigenvalue weighted by Crippen LogP contribution is -2.29. The third-order valence-corrected chi connectivity index (χ3v) is 4.38. The predicted molar refractivity (Wildman–Crippen MR) is 79.6 cm³/mol. The van der Waals surface area contributed by atoms with Crippen LogP contribution in [0.5, 0.6) is 0 Å². The Kier molecular flexibility index (Phi) is 3.16. The van der Waals surface area contributed by atoms with E-state index in [-0.39, 0.29) is 17.5 Å². The summed E-state index contributed by atoms with van der Waals surface area (Å²) in [5.74, 6) is 0.0659. The second-order valence-electron chi connectivity index (χ2n) is 5.97. The van der Waals surface area contributed by atoms with E-state index >= 15 is 0 Å². The number of anilines is 1. The molecule has 0 radical (unpaired) electrons. The van der Waals surface area contributed by atoms with Crippen molar-refractivity contribution in [2.24, 2.45) is 7.05 Å². The molecule has 118 valence electrons. The van der Waals surface area contributed by atoms with Crippen LogP contribution in [0.3, 0.4) is 0 Å². The summed E-state index contributed by atoms with van der Waals surface area (Å²) in [5.41, 5.74) is 0.360. The van der Waals surface area contributed by atoms with Crippen LogP contribution in [0.1, 0.15) is 25.7 Å². The van der Waals surface area contributed by atoms with Crippen molar-refractivity contribution in [3.05, 3.63) is 16.6 Å². The van der Waals surface area contributed by atoms with Crippen LogP contribution < -0.4 is 10.9 Å². The minimum atomic E-state index is -0.362. The molecule has 0 aromatic carbocycles. The Morgan fingerprint density at radius 2 is 2.32 bits per heavy atom. The highest BCUT2D eigenvalue weighted by Crippen LogP contribution is 2.39. The lowest BCUT2D eigenvalue weighted by molar-refractivity contribution is -0.160. The number of hydrogen-bond acceptors (Lipinski definition) is 6. The Bertz CT molecular complexity index is 747. The first-order valence-electron chi connectivity index (χ1n) is 7.63. The monoisotopic (exact) mass is 305 g/mol. The van der Waals surface area contributed by atoms with Gasteiger partial charge in [-0.15, -0.1) is 0 Å². The van der Waals surface area contributed by atoms with Gasteiger partial charge in [-0.3, -0.25) is 14.5 Å². The minimum absolute atomic E-state index is 0.0226. The van der Waals surface area contributed by atoms with Gasteiger partial charge in [0.25, 0.3) is 5.56 Å². The maximum Gasteiger partial charge on any atom is 0.263 e. The van der Waals surface area contributed by atoms with Crippen molar-refractivity contribution in [2.45, 2.75) is 37.6 Å². The molecule has 8 nitrogen and oxygen atoms in total. The lowest BCUT2D eigenvalue weighted by Gasteiger charge is -2.21. The first-order valence-corrected chi connectivity index (χ1v) is 7.63. The van der Waals surface area contributed by atoms with Crippen molar-refractivity contribution in [3.63, 3.8) is 0 Å². The quantitative estimate of drug-likeness (QED) is 0.869. The molecule has 1 spiro atoms. The van der Waals surface area contributed by atoms with Gasteiger partial charge in [-0.1, -0.05) is 0 Å². The number of aryl methyl sites for hydroxylation is 1. The van der Waals surface area contributed by atoms with Crippen LogP contribution in [0.4, 0.5) is 5.95 Å². The highest BCUT2D eigenvalue weighted by Gasteiger charge is 2.43. The fraction of sp³-hybridized carbons (Fsp3) is 0.643. The predicted octanol–water partition coefficient (Wildman–Crippen LogP) is 0.754. The van der Waals surface area contributed by atoms with Crippen LogP contribution in [0.15, 0.2) is 11.0 Å². The van der Waals surface area contributed by atoms with Gasteiger partial charge >= 0.3 is 0 Å². The summed E-state index contributed by atoms with van der Waals surface area (Å²) in [5, 5.41) is 7.66. The zero-order valence-electron chi connectivity index (χ0n) is 12.5. The molecule has 0 bridgehead atoms. The smallest absolute Gasteiger partial charge is 0.263 e. The summed E-state index contributed by atoms with van der Waals surface area (Å²) in [6, 6.07) is 0. The normalized spacial score (nSPS) is 23.6. The number of fused-ring (bicyclic) bond motifs is 1. The Balaban J connectivity index is 1.46. The number of ether oxygens (including phenoxy) is 2. The number of aromatic amines is 1. The first-order chi connectivity index (χ1) is 10.7. The molecule has 1 atom stereocenters. The molecule has 2 aromatic heterocycles. The van der Waals surface area contributed by atoms with Crippen molar-refractivity contribution in [1.29, 1.82) is 0 Å². The minimum Gasteiger partial charge on any atom is -0.353 e. The average molecular weight is 305 g/mol. The SMILES string of the molecule is Cn1ncc2c(=O)[nH]c(NC[C@H]3COC4(CCCC4)O3)nc21. The molecule has 1 aliphatic heterocycles. The van der Waals surface area contributed by atoms with Gasteiger partial charge in [0.1, 0.15) is 11.5 Å². The van der Waals surface area contributed by atoms with Crippen LogP contribution in [-0.2, 0) is 16.5 Å². The molecule has 22 heavy (non-hydrogen) atoms. The number of rotatable bonds is 3. The highest BCUT2D eigenvalue weighted by molar-refractivity contribution is 5.74. The van der Waals surface area contributed by atoms with E-state index in [0.717, 1.165) is 25.7 Å². The van der Waals surface area contributed by atoms with Gasteiger partial charge in [0.05, 0.1) is 12.8 Å². The van der Waals surface area contributed by atoms with E-state index in [1.807, 2.05) is 0 Å². The fourth-order valence-electron chi connectivity index (χ4n) is 3.22. The van der Waals surface area contributed by atoms with E-state index in [4.69, 9.17) is 9.47 Å². The number of hydrogen-bond donors (Lipinski definition) is 2. The van der Waals surface area contributed by atoms with Crippen molar-refractivity contribution >= 4 is 17.0 Å². The van der Waals surface area contributed by atoms with Crippen LogP contribution >= 0.6 is 0 Å². The zero-order valence-corrected chi connectivity index (χ0v) is 12.5. The number of H-pyrrole nitrogens is 1. The number of nitrogens with zero attached hydrogens (tertiary/aromatic N) is 3. The van der Waals surface area contributed by atoms with Crippen LogP contribution in [0, 0.1) is 0 Å². The molecule has 0 amide bonds. The van der Waals surface area contributed by atoms with E-state index in [9.17, 15) is 4.79 Å². The van der Waals surface area contributed by atoms with Gasteiger partial charge in [-0.25, -0.2) is 0 Å². The molecule has 1 aliphatic carbocycles. The van der Waals surface area contributed by atoms with Crippen LogP contribution in [-0.4, -0.2) is 44.8 Å². The topological polar surface area (TPSA) is 94.1 Å². The Morgan fingerprint density at radius 1 is 1.50 bits per heavy atom. The number of aromatic nitrogens is 4. The molecule has 2 aliphatic rings. The fourth-order valence-corrected chi connectivity index (χ4v) is 3.22. The van der Waals surface area contributed by atoms with Crippen molar-refractivity contribution in [3.8, 4) is 0 Å². The summed E-state index contributed by atoms with van der Waals surface area (Å²) in [6.07, 6.45) is 5.76. The van der Waals surface area contributed by atoms with E-state index in [1.54, 1.807) is 11.7 Å². The van der Waals surface area contributed by atoms with Gasteiger partial charge in [0, 0.05) is 26.4 Å². The maximum absolute atomic E-state index is 12.0. The summed E-state index contributed by atoms with van der Waals surface area (Å²) in [4.78, 5) is 19.1. The van der Waals surface area contributed by atoms with Gasteiger partial charge in [-0.2, -0.15) is 10.1 Å².